The number of carbonyl (C=O) groups is 2. The minimum absolute atomic E-state index is 0.186. The Labute approximate surface area is 169 Å². The predicted octanol–water partition coefficient (Wildman–Crippen LogP) is 3.15. The van der Waals surface area contributed by atoms with E-state index in [2.05, 4.69) is 10.9 Å². The Hall–Kier alpha value is -3.80. The zero-order valence-electron chi connectivity index (χ0n) is 15.8. The molecule has 0 aliphatic rings. The largest absolute Gasteiger partial charge is 0.490 e. The second-order valence-corrected chi connectivity index (χ2v) is 6.20. The zero-order chi connectivity index (χ0) is 20.3. The van der Waals surface area contributed by atoms with Crippen molar-refractivity contribution < 1.29 is 19.1 Å². The molecule has 3 rings (SSSR count). The molecule has 0 radical (unpaired) electrons. The number of para-hydroxylation sites is 1. The average molecular weight is 390 g/mol. The molecule has 3 aromatic rings. The van der Waals surface area contributed by atoms with Gasteiger partial charge in [0.1, 0.15) is 24.7 Å². The Morgan fingerprint density at radius 2 is 1.31 bits per heavy atom. The Morgan fingerprint density at radius 3 is 2.03 bits per heavy atom. The molecule has 3 aromatic carbocycles. The van der Waals surface area contributed by atoms with Crippen LogP contribution in [-0.2, 0) is 11.2 Å². The lowest BCUT2D eigenvalue weighted by Gasteiger charge is -2.10. The number of hydrogen-bond donors (Lipinski definition) is 2. The van der Waals surface area contributed by atoms with Crippen molar-refractivity contribution in [3.05, 3.63) is 96.1 Å². The molecule has 0 heterocycles. The molecule has 0 saturated carbocycles. The number of benzene rings is 3. The van der Waals surface area contributed by atoms with E-state index in [-0.39, 0.29) is 12.3 Å². The number of ether oxygens (including phenoxy) is 2. The van der Waals surface area contributed by atoms with Gasteiger partial charge >= 0.3 is 0 Å². The standard InChI is InChI=1S/C23H22N2O4/c26-22(16-18-8-3-1-4-9-18)24-25-23(27)19-10-7-13-21(17-19)29-15-14-28-20-11-5-2-6-12-20/h1-13,17H,14-16H2,(H,24,26)(H,25,27). The monoisotopic (exact) mass is 390 g/mol. The highest BCUT2D eigenvalue weighted by Crippen LogP contribution is 2.14. The van der Waals surface area contributed by atoms with E-state index < -0.39 is 5.91 Å². The van der Waals surface area contributed by atoms with Gasteiger partial charge < -0.3 is 9.47 Å². The van der Waals surface area contributed by atoms with Gasteiger partial charge in [0.05, 0.1) is 6.42 Å². The Balaban J connectivity index is 1.43. The lowest BCUT2D eigenvalue weighted by atomic mass is 10.1. The van der Waals surface area contributed by atoms with Gasteiger partial charge in [-0.1, -0.05) is 54.6 Å². The van der Waals surface area contributed by atoms with Crippen LogP contribution in [0.5, 0.6) is 11.5 Å². The van der Waals surface area contributed by atoms with Crippen molar-refractivity contribution in [3.63, 3.8) is 0 Å². The van der Waals surface area contributed by atoms with Crippen LogP contribution in [0.2, 0.25) is 0 Å². The normalized spacial score (nSPS) is 10.1. The second-order valence-electron chi connectivity index (χ2n) is 6.20. The van der Waals surface area contributed by atoms with Crippen molar-refractivity contribution >= 4 is 11.8 Å². The van der Waals surface area contributed by atoms with E-state index in [1.54, 1.807) is 24.3 Å². The molecule has 0 saturated heterocycles. The molecule has 6 nitrogen and oxygen atoms in total. The van der Waals surface area contributed by atoms with E-state index in [4.69, 9.17) is 9.47 Å². The molecule has 0 unspecified atom stereocenters. The van der Waals surface area contributed by atoms with Gasteiger partial charge in [0.15, 0.2) is 0 Å². The van der Waals surface area contributed by atoms with Gasteiger partial charge in [-0.3, -0.25) is 20.4 Å². The fraction of sp³-hybridized carbons (Fsp3) is 0.130. The van der Waals surface area contributed by atoms with Gasteiger partial charge in [0.25, 0.3) is 5.91 Å². The fourth-order valence-electron chi connectivity index (χ4n) is 2.59. The number of nitrogens with one attached hydrogen (secondary N) is 2. The predicted molar refractivity (Wildman–Crippen MR) is 110 cm³/mol. The molecule has 0 fully saturated rings. The number of amides is 2. The van der Waals surface area contributed by atoms with Gasteiger partial charge in [-0.05, 0) is 35.9 Å². The van der Waals surface area contributed by atoms with Crippen LogP contribution in [0.3, 0.4) is 0 Å². The van der Waals surface area contributed by atoms with Crippen molar-refractivity contribution in [1.82, 2.24) is 10.9 Å². The van der Waals surface area contributed by atoms with Crippen LogP contribution in [0, 0.1) is 0 Å². The summed E-state index contributed by atoms with van der Waals surface area (Å²) in [5, 5.41) is 0. The molecule has 148 valence electrons. The average Bonchev–Trinajstić information content (AvgIpc) is 2.77. The van der Waals surface area contributed by atoms with E-state index in [9.17, 15) is 9.59 Å². The van der Waals surface area contributed by atoms with Gasteiger partial charge in [-0.25, -0.2) is 0 Å². The van der Waals surface area contributed by atoms with Crippen LogP contribution in [0.25, 0.3) is 0 Å². The fourth-order valence-corrected chi connectivity index (χ4v) is 2.59. The Bertz CT molecular complexity index is 930. The zero-order valence-corrected chi connectivity index (χ0v) is 15.8. The first-order chi connectivity index (χ1) is 14.2. The van der Waals surface area contributed by atoms with Crippen LogP contribution in [-0.4, -0.2) is 25.0 Å². The highest BCUT2D eigenvalue weighted by molar-refractivity contribution is 5.95. The lowest BCUT2D eigenvalue weighted by molar-refractivity contribution is -0.121. The van der Waals surface area contributed by atoms with Gasteiger partial charge in [-0.2, -0.15) is 0 Å². The molecule has 0 bridgehead atoms. The summed E-state index contributed by atoms with van der Waals surface area (Å²) in [7, 11) is 0. The number of hydrogen-bond acceptors (Lipinski definition) is 4. The first kappa shape index (κ1) is 19.9. The molecule has 0 aliphatic heterocycles. The number of carbonyl (C=O) groups excluding carboxylic acids is 2. The molecule has 29 heavy (non-hydrogen) atoms. The molecule has 0 aromatic heterocycles. The maximum absolute atomic E-state index is 12.3. The van der Waals surface area contributed by atoms with Crippen molar-refractivity contribution in [2.75, 3.05) is 13.2 Å². The third-order valence-corrected chi connectivity index (χ3v) is 3.98. The molecular formula is C23H22N2O4. The van der Waals surface area contributed by atoms with Crippen molar-refractivity contribution in [3.8, 4) is 11.5 Å². The maximum atomic E-state index is 12.3. The number of rotatable bonds is 8. The van der Waals surface area contributed by atoms with E-state index in [1.807, 2.05) is 60.7 Å². The van der Waals surface area contributed by atoms with Crippen LogP contribution < -0.4 is 20.3 Å². The topological polar surface area (TPSA) is 76.7 Å². The molecule has 2 N–H and O–H groups in total. The molecular weight excluding hydrogens is 368 g/mol. The van der Waals surface area contributed by atoms with E-state index in [0.717, 1.165) is 11.3 Å². The summed E-state index contributed by atoms with van der Waals surface area (Å²) in [6.07, 6.45) is 0.186. The molecule has 0 atom stereocenters. The summed E-state index contributed by atoms with van der Waals surface area (Å²) in [4.78, 5) is 24.2. The highest BCUT2D eigenvalue weighted by atomic mass is 16.5. The van der Waals surface area contributed by atoms with Crippen LogP contribution in [0.15, 0.2) is 84.9 Å². The smallest absolute Gasteiger partial charge is 0.269 e. The Morgan fingerprint density at radius 1 is 0.690 bits per heavy atom. The summed E-state index contributed by atoms with van der Waals surface area (Å²) in [5.74, 6) is 0.604. The number of hydrazine groups is 1. The molecule has 0 spiro atoms. The maximum Gasteiger partial charge on any atom is 0.269 e. The summed E-state index contributed by atoms with van der Waals surface area (Å²) in [6.45, 7) is 0.726. The second kappa shape index (κ2) is 10.5. The third kappa shape index (κ3) is 6.70. The lowest BCUT2D eigenvalue weighted by Crippen LogP contribution is -2.42. The van der Waals surface area contributed by atoms with Crippen LogP contribution >= 0.6 is 0 Å². The summed E-state index contributed by atoms with van der Waals surface area (Å²) >= 11 is 0. The van der Waals surface area contributed by atoms with Crippen LogP contribution in [0.1, 0.15) is 15.9 Å². The van der Waals surface area contributed by atoms with Gasteiger partial charge in [0.2, 0.25) is 5.91 Å². The summed E-state index contributed by atoms with van der Waals surface area (Å²) in [6, 6.07) is 25.5. The van der Waals surface area contributed by atoms with E-state index in [0.29, 0.717) is 24.5 Å². The molecule has 6 heteroatoms. The van der Waals surface area contributed by atoms with E-state index >= 15 is 0 Å². The van der Waals surface area contributed by atoms with Gasteiger partial charge in [0, 0.05) is 5.56 Å². The minimum atomic E-state index is -0.419. The van der Waals surface area contributed by atoms with Crippen molar-refractivity contribution in [2.24, 2.45) is 0 Å². The van der Waals surface area contributed by atoms with Crippen molar-refractivity contribution in [1.29, 1.82) is 0 Å². The molecule has 2 amide bonds. The summed E-state index contributed by atoms with van der Waals surface area (Å²) in [5.41, 5.74) is 6.09. The first-order valence-electron chi connectivity index (χ1n) is 9.24. The van der Waals surface area contributed by atoms with Gasteiger partial charge in [-0.15, -0.1) is 0 Å². The first-order valence-corrected chi connectivity index (χ1v) is 9.24. The minimum Gasteiger partial charge on any atom is -0.490 e. The van der Waals surface area contributed by atoms with E-state index in [1.165, 1.54) is 0 Å². The SMILES string of the molecule is O=C(Cc1ccccc1)NNC(=O)c1cccc(OCCOc2ccccc2)c1. The van der Waals surface area contributed by atoms with Crippen molar-refractivity contribution in [2.45, 2.75) is 6.42 Å². The quantitative estimate of drug-likeness (QED) is 0.458. The summed E-state index contributed by atoms with van der Waals surface area (Å²) < 4.78 is 11.2. The van der Waals surface area contributed by atoms with Crippen LogP contribution in [0.4, 0.5) is 0 Å². The third-order valence-electron chi connectivity index (χ3n) is 3.98. The highest BCUT2D eigenvalue weighted by Gasteiger charge is 2.09. The molecule has 0 aliphatic carbocycles. The Kier molecular flexibility index (Phi) is 7.23.